The summed E-state index contributed by atoms with van der Waals surface area (Å²) in [6.45, 7) is 4.58. The van der Waals surface area contributed by atoms with Gasteiger partial charge >= 0.3 is 5.97 Å². The van der Waals surface area contributed by atoms with E-state index in [-0.39, 0.29) is 17.3 Å². The van der Waals surface area contributed by atoms with Crippen LogP contribution in [0.3, 0.4) is 0 Å². The minimum Gasteiger partial charge on any atom is -0.466 e. The summed E-state index contributed by atoms with van der Waals surface area (Å²) < 4.78 is 5.27. The molecule has 1 saturated carbocycles. The molecule has 2 aliphatic rings. The average molecular weight is 222 g/mol. The topological polar surface area (TPSA) is 26.3 Å². The number of carbonyl (C=O) groups is 1. The molecule has 0 aromatic heterocycles. The van der Waals surface area contributed by atoms with E-state index < -0.39 is 0 Å². The van der Waals surface area contributed by atoms with Crippen molar-refractivity contribution in [2.45, 2.75) is 46.0 Å². The largest absolute Gasteiger partial charge is 0.466 e. The number of hydrogen-bond donors (Lipinski definition) is 0. The molecule has 0 unspecified atom stereocenters. The Bertz CT molecular complexity index is 287. The molecule has 0 saturated heterocycles. The molecule has 2 nitrogen and oxygen atoms in total. The fourth-order valence-electron chi connectivity index (χ4n) is 3.53. The first-order valence-electron chi connectivity index (χ1n) is 6.54. The predicted molar refractivity (Wildman–Crippen MR) is 63.9 cm³/mol. The van der Waals surface area contributed by atoms with E-state index in [9.17, 15) is 4.79 Å². The smallest absolute Gasteiger partial charge is 0.310 e. The van der Waals surface area contributed by atoms with Crippen LogP contribution in [0.5, 0.6) is 0 Å². The molecule has 1 fully saturated rings. The van der Waals surface area contributed by atoms with Crippen LogP contribution in [-0.2, 0) is 9.53 Å². The van der Waals surface area contributed by atoms with Gasteiger partial charge in [-0.2, -0.15) is 0 Å². The zero-order valence-electron chi connectivity index (χ0n) is 10.4. The van der Waals surface area contributed by atoms with Crippen LogP contribution < -0.4 is 0 Å². The number of ether oxygens (including phenoxy) is 1. The quantitative estimate of drug-likeness (QED) is 0.529. The fraction of sp³-hybridized carbons (Fsp3) is 0.786. The van der Waals surface area contributed by atoms with E-state index in [0.717, 1.165) is 19.3 Å². The lowest BCUT2D eigenvalue weighted by atomic mass is 9.64. The standard InChI is InChI=1S/C14H22O2/c1-3-16-13(15)12-11(2)7-6-10-14(12)8-4-5-9-14/h6,10-12H,3-5,7-9H2,1-2H3/t11-,12-/m0/s1. The van der Waals surface area contributed by atoms with Gasteiger partial charge in [-0.3, -0.25) is 4.79 Å². The summed E-state index contributed by atoms with van der Waals surface area (Å²) in [5.74, 6) is 0.559. The first-order chi connectivity index (χ1) is 7.69. The van der Waals surface area contributed by atoms with Crippen molar-refractivity contribution in [3.05, 3.63) is 12.2 Å². The van der Waals surface area contributed by atoms with E-state index in [2.05, 4.69) is 19.1 Å². The summed E-state index contributed by atoms with van der Waals surface area (Å²) in [4.78, 5) is 12.1. The number of carbonyl (C=O) groups excluding carboxylic acids is 1. The number of hydrogen-bond acceptors (Lipinski definition) is 2. The van der Waals surface area contributed by atoms with Crippen molar-refractivity contribution < 1.29 is 9.53 Å². The summed E-state index contributed by atoms with van der Waals surface area (Å²) in [5.41, 5.74) is 0.129. The van der Waals surface area contributed by atoms with Crippen molar-refractivity contribution >= 4 is 5.97 Å². The van der Waals surface area contributed by atoms with Crippen LogP contribution in [0.1, 0.15) is 46.0 Å². The SMILES string of the molecule is CCOC(=O)[C@@H]1[C@@H](C)CC=CC12CCCC2. The molecule has 2 rings (SSSR count). The van der Waals surface area contributed by atoms with Crippen LogP contribution in [0.25, 0.3) is 0 Å². The highest BCUT2D eigenvalue weighted by molar-refractivity contribution is 5.74. The van der Waals surface area contributed by atoms with E-state index in [0.29, 0.717) is 12.5 Å². The van der Waals surface area contributed by atoms with Crippen LogP contribution in [0.2, 0.25) is 0 Å². The minimum absolute atomic E-state index is 0.0289. The lowest BCUT2D eigenvalue weighted by molar-refractivity contribution is -0.154. The molecule has 0 heterocycles. The molecular weight excluding hydrogens is 200 g/mol. The summed E-state index contributed by atoms with van der Waals surface area (Å²) in [7, 11) is 0. The molecule has 1 spiro atoms. The molecule has 2 heteroatoms. The molecule has 0 aliphatic heterocycles. The van der Waals surface area contributed by atoms with Gasteiger partial charge in [0, 0.05) is 5.41 Å². The molecule has 0 amide bonds. The van der Waals surface area contributed by atoms with Crippen LogP contribution in [-0.4, -0.2) is 12.6 Å². The Morgan fingerprint density at radius 2 is 2.12 bits per heavy atom. The molecule has 0 aromatic rings. The van der Waals surface area contributed by atoms with E-state index in [4.69, 9.17) is 4.74 Å². The van der Waals surface area contributed by atoms with E-state index in [1.54, 1.807) is 0 Å². The van der Waals surface area contributed by atoms with Gasteiger partial charge in [-0.15, -0.1) is 0 Å². The predicted octanol–water partition coefficient (Wildman–Crippen LogP) is 3.32. The van der Waals surface area contributed by atoms with E-state index in [1.807, 2.05) is 6.92 Å². The number of esters is 1. The molecule has 90 valence electrons. The van der Waals surface area contributed by atoms with Gasteiger partial charge in [0.05, 0.1) is 12.5 Å². The van der Waals surface area contributed by atoms with Crippen molar-refractivity contribution in [1.82, 2.24) is 0 Å². The van der Waals surface area contributed by atoms with Crippen molar-refractivity contribution in [3.8, 4) is 0 Å². The van der Waals surface area contributed by atoms with Crippen LogP contribution in [0.4, 0.5) is 0 Å². The Labute approximate surface area is 98.1 Å². The highest BCUT2D eigenvalue weighted by atomic mass is 16.5. The summed E-state index contributed by atoms with van der Waals surface area (Å²) in [5, 5.41) is 0. The average Bonchev–Trinajstić information content (AvgIpc) is 2.67. The summed E-state index contributed by atoms with van der Waals surface area (Å²) in [6, 6.07) is 0. The Balaban J connectivity index is 2.23. The Kier molecular flexibility index (Phi) is 3.36. The van der Waals surface area contributed by atoms with Gasteiger partial charge in [0.15, 0.2) is 0 Å². The van der Waals surface area contributed by atoms with E-state index >= 15 is 0 Å². The summed E-state index contributed by atoms with van der Waals surface area (Å²) in [6.07, 6.45) is 10.4. The first-order valence-corrected chi connectivity index (χ1v) is 6.54. The molecule has 0 radical (unpaired) electrons. The van der Waals surface area contributed by atoms with Gasteiger partial charge in [0.25, 0.3) is 0 Å². The van der Waals surface area contributed by atoms with Crippen LogP contribution >= 0.6 is 0 Å². The van der Waals surface area contributed by atoms with Gasteiger partial charge in [-0.05, 0) is 32.1 Å². The highest BCUT2D eigenvalue weighted by Crippen LogP contribution is 2.51. The molecule has 0 N–H and O–H groups in total. The zero-order valence-corrected chi connectivity index (χ0v) is 10.4. The van der Waals surface area contributed by atoms with Crippen molar-refractivity contribution in [1.29, 1.82) is 0 Å². The maximum Gasteiger partial charge on any atom is 0.310 e. The minimum atomic E-state index is 0.0289. The van der Waals surface area contributed by atoms with Crippen LogP contribution in [0, 0.1) is 17.3 Å². The Morgan fingerprint density at radius 3 is 2.75 bits per heavy atom. The lowest BCUT2D eigenvalue weighted by Crippen LogP contribution is -2.40. The Hall–Kier alpha value is -0.790. The third kappa shape index (κ3) is 1.90. The molecule has 16 heavy (non-hydrogen) atoms. The highest BCUT2D eigenvalue weighted by Gasteiger charge is 2.47. The normalized spacial score (nSPS) is 31.9. The third-order valence-corrected chi connectivity index (χ3v) is 4.22. The fourth-order valence-corrected chi connectivity index (χ4v) is 3.53. The lowest BCUT2D eigenvalue weighted by Gasteiger charge is -2.39. The van der Waals surface area contributed by atoms with Gasteiger partial charge in [-0.1, -0.05) is 31.9 Å². The first kappa shape index (κ1) is 11.7. The van der Waals surface area contributed by atoms with E-state index in [1.165, 1.54) is 12.8 Å². The van der Waals surface area contributed by atoms with Gasteiger partial charge < -0.3 is 4.74 Å². The summed E-state index contributed by atoms with van der Waals surface area (Å²) >= 11 is 0. The third-order valence-electron chi connectivity index (χ3n) is 4.22. The van der Waals surface area contributed by atoms with Gasteiger partial charge in [0.2, 0.25) is 0 Å². The maximum absolute atomic E-state index is 12.1. The molecule has 2 atom stereocenters. The van der Waals surface area contributed by atoms with Crippen molar-refractivity contribution in [2.75, 3.05) is 6.61 Å². The van der Waals surface area contributed by atoms with Gasteiger partial charge in [0.1, 0.15) is 0 Å². The molecule has 0 aromatic carbocycles. The molecular formula is C14H22O2. The monoisotopic (exact) mass is 222 g/mol. The van der Waals surface area contributed by atoms with Gasteiger partial charge in [-0.25, -0.2) is 0 Å². The van der Waals surface area contributed by atoms with Crippen molar-refractivity contribution in [2.24, 2.45) is 17.3 Å². The number of rotatable bonds is 2. The van der Waals surface area contributed by atoms with Crippen molar-refractivity contribution in [3.63, 3.8) is 0 Å². The molecule has 2 aliphatic carbocycles. The zero-order chi connectivity index (χ0) is 11.6. The second-order valence-corrected chi connectivity index (χ2v) is 5.29. The van der Waals surface area contributed by atoms with Crippen LogP contribution in [0.15, 0.2) is 12.2 Å². The Morgan fingerprint density at radius 1 is 1.44 bits per heavy atom. The second-order valence-electron chi connectivity index (χ2n) is 5.29. The second kappa shape index (κ2) is 4.60. The number of allylic oxidation sites excluding steroid dienone is 2. The molecule has 0 bridgehead atoms. The maximum atomic E-state index is 12.1.